The van der Waals surface area contributed by atoms with E-state index in [0.29, 0.717) is 5.56 Å². The molecule has 0 aliphatic carbocycles. The normalized spacial score (nSPS) is 10.8. The van der Waals surface area contributed by atoms with Crippen molar-refractivity contribution < 1.29 is 4.79 Å². The van der Waals surface area contributed by atoms with Gasteiger partial charge in [-0.3, -0.25) is 4.79 Å². The minimum atomic E-state index is 0.0119. The smallest absolute Gasteiger partial charge is 0.253 e. The van der Waals surface area contributed by atoms with Gasteiger partial charge in [0.25, 0.3) is 5.91 Å². The van der Waals surface area contributed by atoms with Crippen molar-refractivity contribution >= 4 is 17.2 Å². The van der Waals surface area contributed by atoms with Crippen LogP contribution in [0.5, 0.6) is 0 Å². The highest BCUT2D eigenvalue weighted by Gasteiger charge is 2.15. The van der Waals surface area contributed by atoms with Gasteiger partial charge in [0.15, 0.2) is 0 Å². The quantitative estimate of drug-likeness (QED) is 0.678. The minimum absolute atomic E-state index is 0.0119. The molecule has 7 heteroatoms. The average Bonchev–Trinajstić information content (AvgIpc) is 3.30. The van der Waals surface area contributed by atoms with E-state index in [1.807, 2.05) is 25.2 Å². The van der Waals surface area contributed by atoms with Gasteiger partial charge in [0.05, 0.1) is 5.69 Å². The molecule has 2 heterocycles. The van der Waals surface area contributed by atoms with Crippen molar-refractivity contribution in [3.63, 3.8) is 0 Å². The minimum Gasteiger partial charge on any atom is -0.342 e. The number of hydrogen-bond acceptors (Lipinski definition) is 5. The molecule has 0 radical (unpaired) electrons. The Hall–Kier alpha value is -2.54. The Morgan fingerprint density at radius 2 is 2.12 bits per heavy atom. The second-order valence-electron chi connectivity index (χ2n) is 6.09. The third-order valence-corrected chi connectivity index (χ3v) is 5.08. The van der Waals surface area contributed by atoms with E-state index in [4.69, 9.17) is 0 Å². The van der Waals surface area contributed by atoms with Crippen LogP contribution < -0.4 is 0 Å². The molecule has 0 N–H and O–H groups in total. The number of amides is 1. The van der Waals surface area contributed by atoms with Gasteiger partial charge in [0.1, 0.15) is 6.33 Å². The van der Waals surface area contributed by atoms with Crippen molar-refractivity contribution in [2.24, 2.45) is 0 Å². The van der Waals surface area contributed by atoms with E-state index in [2.05, 4.69) is 40.8 Å². The van der Waals surface area contributed by atoms with Crippen LogP contribution in [-0.4, -0.2) is 44.6 Å². The van der Waals surface area contributed by atoms with Crippen LogP contribution in [0.2, 0.25) is 0 Å². The Balaban J connectivity index is 2.02. The number of thiophene rings is 1. The second kappa shape index (κ2) is 7.57. The summed E-state index contributed by atoms with van der Waals surface area (Å²) >= 11 is 1.67. The predicted octanol–water partition coefficient (Wildman–Crippen LogP) is 3.57. The molecular formula is C18H21N5OS. The first kappa shape index (κ1) is 17.3. The fraction of sp³-hybridized carbons (Fsp3) is 0.333. The maximum atomic E-state index is 12.8. The van der Waals surface area contributed by atoms with E-state index < -0.39 is 0 Å². The number of benzene rings is 1. The van der Waals surface area contributed by atoms with Crippen molar-refractivity contribution in [2.75, 3.05) is 13.6 Å². The summed E-state index contributed by atoms with van der Waals surface area (Å²) in [6.07, 6.45) is 3.59. The molecule has 0 fully saturated rings. The standard InChI is InChI=1S/C18H21N5OS/c1-4-5-6-22(3)18(24)15-8-14(17-7-13(2)11-25-17)9-16(10-15)23-12-19-20-21-23/h7-12H,4-6H2,1-3H3. The molecule has 2 aromatic heterocycles. The van der Waals surface area contributed by atoms with Crippen molar-refractivity contribution in [1.82, 2.24) is 25.1 Å². The summed E-state index contributed by atoms with van der Waals surface area (Å²) in [4.78, 5) is 15.7. The summed E-state index contributed by atoms with van der Waals surface area (Å²) in [5.74, 6) is 0.0119. The molecule has 0 saturated carbocycles. The molecule has 130 valence electrons. The fourth-order valence-electron chi connectivity index (χ4n) is 2.59. The van der Waals surface area contributed by atoms with Crippen LogP contribution in [0.1, 0.15) is 35.7 Å². The predicted molar refractivity (Wildman–Crippen MR) is 99.1 cm³/mol. The SMILES string of the molecule is CCCCN(C)C(=O)c1cc(-c2cc(C)cs2)cc(-n2cnnn2)c1. The summed E-state index contributed by atoms with van der Waals surface area (Å²) in [5.41, 5.74) is 3.63. The van der Waals surface area contributed by atoms with Crippen LogP contribution >= 0.6 is 11.3 Å². The summed E-state index contributed by atoms with van der Waals surface area (Å²) < 4.78 is 1.58. The van der Waals surface area contributed by atoms with Crippen molar-refractivity contribution in [3.8, 4) is 16.1 Å². The second-order valence-corrected chi connectivity index (χ2v) is 7.00. The molecule has 1 amide bonds. The molecule has 0 bridgehead atoms. The zero-order valence-electron chi connectivity index (χ0n) is 14.6. The Kier molecular flexibility index (Phi) is 5.23. The lowest BCUT2D eigenvalue weighted by Gasteiger charge is -2.18. The Morgan fingerprint density at radius 3 is 2.76 bits per heavy atom. The molecule has 0 atom stereocenters. The summed E-state index contributed by atoms with van der Waals surface area (Å²) in [5, 5.41) is 13.5. The Bertz CT molecular complexity index is 856. The third kappa shape index (κ3) is 3.93. The van der Waals surface area contributed by atoms with Crippen molar-refractivity contribution in [3.05, 3.63) is 47.1 Å². The fourth-order valence-corrected chi connectivity index (χ4v) is 3.48. The first-order valence-corrected chi connectivity index (χ1v) is 9.16. The van der Waals surface area contributed by atoms with E-state index in [0.717, 1.165) is 35.5 Å². The number of hydrogen-bond donors (Lipinski definition) is 0. The number of unbranched alkanes of at least 4 members (excludes halogenated alkanes) is 1. The maximum Gasteiger partial charge on any atom is 0.253 e. The van der Waals surface area contributed by atoms with E-state index in [1.54, 1.807) is 20.9 Å². The summed E-state index contributed by atoms with van der Waals surface area (Å²) in [7, 11) is 1.84. The van der Waals surface area contributed by atoms with Gasteiger partial charge in [-0.15, -0.1) is 16.4 Å². The number of aryl methyl sites for hydroxylation is 1. The Morgan fingerprint density at radius 1 is 1.28 bits per heavy atom. The molecule has 0 spiro atoms. The molecule has 0 saturated heterocycles. The lowest BCUT2D eigenvalue weighted by atomic mass is 10.1. The Labute approximate surface area is 151 Å². The highest BCUT2D eigenvalue weighted by atomic mass is 32.1. The topological polar surface area (TPSA) is 63.9 Å². The zero-order valence-corrected chi connectivity index (χ0v) is 15.5. The number of rotatable bonds is 6. The molecular weight excluding hydrogens is 334 g/mol. The summed E-state index contributed by atoms with van der Waals surface area (Å²) in [6, 6.07) is 7.91. The van der Waals surface area contributed by atoms with Gasteiger partial charge in [-0.1, -0.05) is 13.3 Å². The number of carbonyl (C=O) groups is 1. The lowest BCUT2D eigenvalue weighted by Crippen LogP contribution is -2.27. The van der Waals surface area contributed by atoms with E-state index in [-0.39, 0.29) is 5.91 Å². The van der Waals surface area contributed by atoms with Gasteiger partial charge in [0.2, 0.25) is 0 Å². The van der Waals surface area contributed by atoms with Gasteiger partial charge in [-0.25, -0.2) is 4.68 Å². The molecule has 1 aromatic carbocycles. The molecule has 0 unspecified atom stereocenters. The van der Waals surface area contributed by atoms with Gasteiger partial charge >= 0.3 is 0 Å². The monoisotopic (exact) mass is 355 g/mol. The van der Waals surface area contributed by atoms with Crippen LogP contribution in [0.4, 0.5) is 0 Å². The third-order valence-electron chi connectivity index (χ3n) is 3.99. The van der Waals surface area contributed by atoms with Crippen LogP contribution in [0.15, 0.2) is 36.0 Å². The van der Waals surface area contributed by atoms with Gasteiger partial charge in [0, 0.05) is 24.0 Å². The first-order chi connectivity index (χ1) is 12.1. The van der Waals surface area contributed by atoms with E-state index >= 15 is 0 Å². The zero-order chi connectivity index (χ0) is 17.8. The van der Waals surface area contributed by atoms with Crippen molar-refractivity contribution in [2.45, 2.75) is 26.7 Å². The van der Waals surface area contributed by atoms with Gasteiger partial charge < -0.3 is 4.90 Å². The number of tetrazole rings is 1. The molecule has 0 aliphatic heterocycles. The van der Waals surface area contributed by atoms with Crippen molar-refractivity contribution in [1.29, 1.82) is 0 Å². The molecule has 6 nitrogen and oxygen atoms in total. The number of nitrogens with zero attached hydrogens (tertiary/aromatic N) is 5. The van der Waals surface area contributed by atoms with Crippen LogP contribution in [0, 0.1) is 6.92 Å². The average molecular weight is 355 g/mol. The maximum absolute atomic E-state index is 12.8. The summed E-state index contributed by atoms with van der Waals surface area (Å²) in [6.45, 7) is 4.93. The highest BCUT2D eigenvalue weighted by Crippen LogP contribution is 2.30. The molecule has 25 heavy (non-hydrogen) atoms. The highest BCUT2D eigenvalue weighted by molar-refractivity contribution is 7.13. The van der Waals surface area contributed by atoms with Gasteiger partial charge in [-0.2, -0.15) is 0 Å². The van der Waals surface area contributed by atoms with Crippen LogP contribution in [0.3, 0.4) is 0 Å². The molecule has 3 aromatic rings. The van der Waals surface area contributed by atoms with E-state index in [1.165, 1.54) is 11.9 Å². The van der Waals surface area contributed by atoms with Gasteiger partial charge in [-0.05, 0) is 64.5 Å². The molecule has 0 aliphatic rings. The van der Waals surface area contributed by atoms with Crippen LogP contribution in [0.25, 0.3) is 16.1 Å². The number of carbonyl (C=O) groups excluding carboxylic acids is 1. The van der Waals surface area contributed by atoms with Crippen LogP contribution in [-0.2, 0) is 0 Å². The lowest BCUT2D eigenvalue weighted by molar-refractivity contribution is 0.0793. The largest absolute Gasteiger partial charge is 0.342 e. The first-order valence-electron chi connectivity index (χ1n) is 8.28. The number of aromatic nitrogens is 4. The molecule has 3 rings (SSSR count). The van der Waals surface area contributed by atoms with E-state index in [9.17, 15) is 4.79 Å².